The van der Waals surface area contributed by atoms with Crippen LogP contribution in [0.3, 0.4) is 0 Å². The fraction of sp³-hybridized carbons (Fsp3) is 0.688. The molecular formula is C16H28O3Si. The lowest BCUT2D eigenvalue weighted by Gasteiger charge is -2.38. The van der Waals surface area contributed by atoms with Crippen LogP contribution in [0.2, 0.25) is 18.1 Å². The first-order valence-corrected chi connectivity index (χ1v) is 9.92. The third kappa shape index (κ3) is 6.92. The number of hydrogen-bond donors (Lipinski definition) is 0. The summed E-state index contributed by atoms with van der Waals surface area (Å²) < 4.78 is 11.0. The highest BCUT2D eigenvalue weighted by molar-refractivity contribution is 6.74. The largest absolute Gasteiger partial charge is 0.469 e. The molecule has 4 heteroatoms. The number of methoxy groups -OCH3 is 1. The van der Waals surface area contributed by atoms with Crippen molar-refractivity contribution in [3.63, 3.8) is 0 Å². The number of allylic oxidation sites excluding steroid dienone is 1. The van der Waals surface area contributed by atoms with Crippen LogP contribution in [0.15, 0.2) is 12.2 Å². The number of esters is 1. The molecule has 0 aliphatic carbocycles. The first-order chi connectivity index (χ1) is 9.14. The predicted molar refractivity (Wildman–Crippen MR) is 85.9 cm³/mol. The number of ether oxygens (including phenoxy) is 1. The summed E-state index contributed by atoms with van der Waals surface area (Å²) in [4.78, 5) is 11.1. The van der Waals surface area contributed by atoms with Crippen LogP contribution < -0.4 is 0 Å². The van der Waals surface area contributed by atoms with Crippen molar-refractivity contribution in [2.75, 3.05) is 7.11 Å². The number of terminal acetylenes is 1. The van der Waals surface area contributed by atoms with Crippen molar-refractivity contribution in [1.29, 1.82) is 0 Å². The lowest BCUT2D eigenvalue weighted by Crippen LogP contribution is -2.43. The Morgan fingerprint density at radius 2 is 2.00 bits per heavy atom. The summed E-state index contributed by atoms with van der Waals surface area (Å²) in [5.74, 6) is 2.31. The molecule has 0 aromatic heterocycles. The molecule has 0 aliphatic heterocycles. The quantitative estimate of drug-likeness (QED) is 0.406. The fourth-order valence-corrected chi connectivity index (χ4v) is 2.77. The molecule has 0 saturated carbocycles. The van der Waals surface area contributed by atoms with E-state index in [4.69, 9.17) is 10.8 Å². The average molecular weight is 296 g/mol. The summed E-state index contributed by atoms with van der Waals surface area (Å²) in [7, 11) is -0.433. The van der Waals surface area contributed by atoms with E-state index in [0.717, 1.165) is 12.8 Å². The van der Waals surface area contributed by atoms with Crippen LogP contribution in [-0.2, 0) is 14.0 Å². The molecule has 0 aromatic carbocycles. The van der Waals surface area contributed by atoms with Gasteiger partial charge in [-0.1, -0.05) is 26.7 Å². The summed E-state index contributed by atoms with van der Waals surface area (Å²) in [6.45, 7) is 11.0. The Labute approximate surface area is 124 Å². The molecule has 1 atom stereocenters. The standard InChI is InChI=1S/C16H28O3Si/c1-8-9-11-14(12-10-13-15(17)18-5)19-20(6,7)16(2,3)4/h1,9,11,14H,10,12-13H2,2-7H3/b11-9+/t14-/m1/s1. The maximum atomic E-state index is 11.1. The highest BCUT2D eigenvalue weighted by Crippen LogP contribution is 2.37. The fourth-order valence-electron chi connectivity index (χ4n) is 1.46. The second-order valence-corrected chi connectivity index (χ2v) is 11.2. The smallest absolute Gasteiger partial charge is 0.305 e. The molecule has 0 aromatic rings. The molecule has 114 valence electrons. The van der Waals surface area contributed by atoms with Crippen LogP contribution in [0.25, 0.3) is 0 Å². The van der Waals surface area contributed by atoms with E-state index in [1.807, 2.05) is 6.08 Å². The highest BCUT2D eigenvalue weighted by Gasteiger charge is 2.38. The molecule has 20 heavy (non-hydrogen) atoms. The minimum Gasteiger partial charge on any atom is -0.469 e. The Hall–Kier alpha value is -1.05. The van der Waals surface area contributed by atoms with Crippen molar-refractivity contribution >= 4 is 14.3 Å². The average Bonchev–Trinajstić information content (AvgIpc) is 2.33. The number of rotatable bonds is 7. The van der Waals surface area contributed by atoms with Crippen LogP contribution in [0.1, 0.15) is 40.0 Å². The molecule has 0 amide bonds. The van der Waals surface area contributed by atoms with Gasteiger partial charge in [-0.2, -0.15) is 0 Å². The first-order valence-electron chi connectivity index (χ1n) is 7.01. The van der Waals surface area contributed by atoms with E-state index in [0.29, 0.717) is 6.42 Å². The molecule has 0 aliphatic rings. The van der Waals surface area contributed by atoms with E-state index in [9.17, 15) is 4.79 Å². The van der Waals surface area contributed by atoms with E-state index in [2.05, 4.69) is 44.5 Å². The van der Waals surface area contributed by atoms with Gasteiger partial charge in [0.15, 0.2) is 8.32 Å². The van der Waals surface area contributed by atoms with E-state index >= 15 is 0 Å². The van der Waals surface area contributed by atoms with Crippen LogP contribution in [0, 0.1) is 12.3 Å². The van der Waals surface area contributed by atoms with Gasteiger partial charge in [0.2, 0.25) is 0 Å². The molecule has 0 radical (unpaired) electrons. The lowest BCUT2D eigenvalue weighted by molar-refractivity contribution is -0.140. The van der Waals surface area contributed by atoms with Crippen LogP contribution in [-0.4, -0.2) is 27.5 Å². The summed E-state index contributed by atoms with van der Waals surface area (Å²) in [6, 6.07) is 0. The third-order valence-electron chi connectivity index (χ3n) is 3.76. The maximum absolute atomic E-state index is 11.1. The molecule has 3 nitrogen and oxygen atoms in total. The van der Waals surface area contributed by atoms with E-state index in [-0.39, 0.29) is 17.1 Å². The van der Waals surface area contributed by atoms with Gasteiger partial charge in [-0.05, 0) is 43.1 Å². The van der Waals surface area contributed by atoms with Gasteiger partial charge in [-0.15, -0.1) is 6.42 Å². The zero-order valence-electron chi connectivity index (χ0n) is 13.7. The predicted octanol–water partition coefficient (Wildman–Crippen LogP) is 3.91. The SMILES string of the molecule is C#C/C=C/[C@H](CCCC(=O)OC)O[Si](C)(C)C(C)(C)C. The normalized spacial score (nSPS) is 14.1. The molecule has 0 N–H and O–H groups in total. The summed E-state index contributed by atoms with van der Waals surface area (Å²) in [5.41, 5.74) is 0. The van der Waals surface area contributed by atoms with E-state index < -0.39 is 8.32 Å². The molecule has 0 saturated heterocycles. The topological polar surface area (TPSA) is 35.5 Å². The molecule has 0 bridgehead atoms. The minimum absolute atomic E-state index is 0.0309. The Balaban J connectivity index is 4.62. The Morgan fingerprint density at radius 3 is 2.45 bits per heavy atom. The molecule has 0 heterocycles. The van der Waals surface area contributed by atoms with Gasteiger partial charge in [-0.3, -0.25) is 4.79 Å². The van der Waals surface area contributed by atoms with Gasteiger partial charge in [0.05, 0.1) is 13.2 Å². The van der Waals surface area contributed by atoms with Crippen molar-refractivity contribution in [2.45, 2.75) is 64.3 Å². The second-order valence-electron chi connectivity index (χ2n) is 6.41. The highest BCUT2D eigenvalue weighted by atomic mass is 28.4. The monoisotopic (exact) mass is 296 g/mol. The van der Waals surface area contributed by atoms with Gasteiger partial charge in [0.1, 0.15) is 0 Å². The third-order valence-corrected chi connectivity index (χ3v) is 8.26. The van der Waals surface area contributed by atoms with Gasteiger partial charge < -0.3 is 9.16 Å². The van der Waals surface area contributed by atoms with Gasteiger partial charge >= 0.3 is 5.97 Å². The second kappa shape index (κ2) is 8.28. The van der Waals surface area contributed by atoms with Gasteiger partial charge in [0.25, 0.3) is 0 Å². The van der Waals surface area contributed by atoms with Crippen LogP contribution >= 0.6 is 0 Å². The van der Waals surface area contributed by atoms with Crippen molar-refractivity contribution in [3.8, 4) is 12.3 Å². The van der Waals surface area contributed by atoms with E-state index in [1.54, 1.807) is 6.08 Å². The van der Waals surface area contributed by atoms with Gasteiger partial charge in [0, 0.05) is 6.42 Å². The summed E-state index contributed by atoms with van der Waals surface area (Å²) >= 11 is 0. The van der Waals surface area contributed by atoms with Crippen molar-refractivity contribution < 1.29 is 14.0 Å². The van der Waals surface area contributed by atoms with Gasteiger partial charge in [-0.25, -0.2) is 0 Å². The molecule has 0 fully saturated rings. The molecular weight excluding hydrogens is 268 g/mol. The molecule has 0 rings (SSSR count). The lowest BCUT2D eigenvalue weighted by atomic mass is 10.1. The summed E-state index contributed by atoms with van der Waals surface area (Å²) in [5, 5.41) is 0.150. The van der Waals surface area contributed by atoms with Crippen molar-refractivity contribution in [1.82, 2.24) is 0 Å². The van der Waals surface area contributed by atoms with Crippen molar-refractivity contribution in [3.05, 3.63) is 12.2 Å². The Morgan fingerprint density at radius 1 is 1.40 bits per heavy atom. The van der Waals surface area contributed by atoms with Crippen LogP contribution in [0.4, 0.5) is 0 Å². The molecule has 0 spiro atoms. The Bertz CT molecular complexity index is 372. The zero-order chi connectivity index (χ0) is 15.8. The van der Waals surface area contributed by atoms with Crippen LogP contribution in [0.5, 0.6) is 0 Å². The maximum Gasteiger partial charge on any atom is 0.305 e. The Kier molecular flexibility index (Phi) is 7.85. The number of hydrogen-bond acceptors (Lipinski definition) is 3. The van der Waals surface area contributed by atoms with E-state index in [1.165, 1.54) is 7.11 Å². The first kappa shape index (κ1) is 18.9. The number of carbonyl (C=O) groups is 1. The zero-order valence-corrected chi connectivity index (χ0v) is 14.7. The molecule has 0 unspecified atom stereocenters. The number of carbonyl (C=O) groups excluding carboxylic acids is 1. The summed E-state index contributed by atoms with van der Waals surface area (Å²) in [6.07, 6.45) is 10.8. The minimum atomic E-state index is -1.84. The van der Waals surface area contributed by atoms with Crippen molar-refractivity contribution in [2.24, 2.45) is 0 Å².